The van der Waals surface area contributed by atoms with Gasteiger partial charge in [-0.15, -0.1) is 0 Å². The summed E-state index contributed by atoms with van der Waals surface area (Å²) in [6.45, 7) is 3.67. The molecule has 4 nitrogen and oxygen atoms in total. The van der Waals surface area contributed by atoms with Gasteiger partial charge >= 0.3 is 0 Å². The standard InChI is InChI=1S/C13H16ClNO3S/c1-9-10(2)19(17,18)8-7-15(9)13(16)11-3-5-12(14)6-4-11/h3-6,9-10H,7-8H2,1-2H3/t9-,10-/m0/s1. The van der Waals surface area contributed by atoms with Crippen molar-refractivity contribution in [1.82, 2.24) is 4.90 Å². The SMILES string of the molecule is C[C@H]1[C@H](C)S(=O)(=O)CCN1C(=O)c1ccc(Cl)cc1. The third-order valence-corrected chi connectivity index (χ3v) is 6.24. The average Bonchev–Trinajstić information content (AvgIpc) is 2.36. The number of carbonyl (C=O) groups is 1. The largest absolute Gasteiger partial charge is 0.334 e. The first-order chi connectivity index (χ1) is 8.83. The lowest BCUT2D eigenvalue weighted by atomic mass is 10.1. The van der Waals surface area contributed by atoms with Crippen molar-refractivity contribution < 1.29 is 13.2 Å². The Morgan fingerprint density at radius 2 is 1.84 bits per heavy atom. The van der Waals surface area contributed by atoms with Crippen LogP contribution in [0.1, 0.15) is 24.2 Å². The molecule has 1 aromatic rings. The molecule has 2 atom stereocenters. The van der Waals surface area contributed by atoms with Crippen LogP contribution in [-0.2, 0) is 9.84 Å². The average molecular weight is 302 g/mol. The zero-order valence-corrected chi connectivity index (χ0v) is 12.4. The number of benzene rings is 1. The fourth-order valence-electron chi connectivity index (χ4n) is 2.21. The van der Waals surface area contributed by atoms with E-state index < -0.39 is 15.1 Å². The molecule has 6 heteroatoms. The predicted molar refractivity (Wildman–Crippen MR) is 75.2 cm³/mol. The van der Waals surface area contributed by atoms with E-state index in [4.69, 9.17) is 11.6 Å². The second-order valence-corrected chi connectivity index (χ2v) is 7.73. The van der Waals surface area contributed by atoms with Crippen LogP contribution in [0.5, 0.6) is 0 Å². The Labute approximate surface area is 118 Å². The van der Waals surface area contributed by atoms with E-state index in [1.165, 1.54) is 0 Å². The summed E-state index contributed by atoms with van der Waals surface area (Å²) in [6, 6.07) is 6.31. The summed E-state index contributed by atoms with van der Waals surface area (Å²) in [4.78, 5) is 14.0. The molecule has 0 saturated carbocycles. The summed E-state index contributed by atoms with van der Waals surface area (Å²) in [7, 11) is -3.08. The lowest BCUT2D eigenvalue weighted by molar-refractivity contribution is 0.0693. The molecule has 19 heavy (non-hydrogen) atoms. The molecule has 1 amide bonds. The van der Waals surface area contributed by atoms with Crippen LogP contribution in [0.4, 0.5) is 0 Å². The third-order valence-electron chi connectivity index (χ3n) is 3.71. The maximum Gasteiger partial charge on any atom is 0.254 e. The van der Waals surface area contributed by atoms with Gasteiger partial charge in [0.05, 0.1) is 11.0 Å². The van der Waals surface area contributed by atoms with Crippen molar-refractivity contribution in [3.63, 3.8) is 0 Å². The van der Waals surface area contributed by atoms with E-state index in [1.807, 2.05) is 0 Å². The molecule has 0 bridgehead atoms. The molecule has 1 fully saturated rings. The van der Waals surface area contributed by atoms with E-state index in [0.717, 1.165) is 0 Å². The Morgan fingerprint density at radius 3 is 2.42 bits per heavy atom. The predicted octanol–water partition coefficient (Wildman–Crippen LogP) is 1.99. The Hall–Kier alpha value is -1.07. The molecule has 1 saturated heterocycles. The van der Waals surface area contributed by atoms with Crippen molar-refractivity contribution in [3.05, 3.63) is 34.9 Å². The second-order valence-electron chi connectivity index (χ2n) is 4.82. The highest BCUT2D eigenvalue weighted by Gasteiger charge is 2.38. The Kier molecular flexibility index (Phi) is 3.87. The van der Waals surface area contributed by atoms with Gasteiger partial charge in [-0.1, -0.05) is 11.6 Å². The van der Waals surface area contributed by atoms with Crippen molar-refractivity contribution >= 4 is 27.3 Å². The molecular formula is C13H16ClNO3S. The molecule has 1 aliphatic rings. The molecule has 1 heterocycles. The van der Waals surface area contributed by atoms with E-state index >= 15 is 0 Å². The van der Waals surface area contributed by atoms with Gasteiger partial charge in [0.15, 0.2) is 9.84 Å². The first-order valence-electron chi connectivity index (χ1n) is 6.11. The Bertz CT molecular complexity index is 582. The smallest absolute Gasteiger partial charge is 0.254 e. The lowest BCUT2D eigenvalue weighted by Gasteiger charge is -2.37. The maximum atomic E-state index is 12.4. The van der Waals surface area contributed by atoms with Crippen molar-refractivity contribution in [2.24, 2.45) is 0 Å². The van der Waals surface area contributed by atoms with Crippen LogP contribution in [0.3, 0.4) is 0 Å². The highest BCUT2D eigenvalue weighted by Crippen LogP contribution is 2.22. The fraction of sp³-hybridized carbons (Fsp3) is 0.462. The van der Waals surface area contributed by atoms with Gasteiger partial charge in [0.25, 0.3) is 5.91 Å². The summed E-state index contributed by atoms with van der Waals surface area (Å²) in [5.74, 6) is -0.122. The van der Waals surface area contributed by atoms with Crippen LogP contribution in [0.25, 0.3) is 0 Å². The topological polar surface area (TPSA) is 54.5 Å². The molecule has 0 radical (unpaired) electrons. The summed E-state index contributed by atoms with van der Waals surface area (Å²) >= 11 is 5.79. The van der Waals surface area contributed by atoms with Crippen LogP contribution in [-0.4, -0.2) is 42.8 Å². The van der Waals surface area contributed by atoms with E-state index in [-0.39, 0.29) is 24.2 Å². The minimum Gasteiger partial charge on any atom is -0.334 e. The van der Waals surface area contributed by atoms with Crippen LogP contribution < -0.4 is 0 Å². The molecule has 1 aliphatic heterocycles. The van der Waals surface area contributed by atoms with Gasteiger partial charge in [0, 0.05) is 23.2 Å². The number of halogens is 1. The molecule has 0 N–H and O–H groups in total. The van der Waals surface area contributed by atoms with E-state index in [0.29, 0.717) is 10.6 Å². The number of hydrogen-bond donors (Lipinski definition) is 0. The number of sulfone groups is 1. The summed E-state index contributed by atoms with van der Waals surface area (Å²) < 4.78 is 23.6. The summed E-state index contributed by atoms with van der Waals surface area (Å²) in [5, 5.41) is 0.0386. The Morgan fingerprint density at radius 1 is 1.26 bits per heavy atom. The lowest BCUT2D eigenvalue weighted by Crippen LogP contribution is -2.54. The quantitative estimate of drug-likeness (QED) is 0.797. The monoisotopic (exact) mass is 301 g/mol. The zero-order valence-electron chi connectivity index (χ0n) is 10.8. The highest BCUT2D eigenvalue weighted by molar-refractivity contribution is 7.92. The van der Waals surface area contributed by atoms with Gasteiger partial charge in [0.1, 0.15) is 0 Å². The Balaban J connectivity index is 2.23. The first kappa shape index (κ1) is 14.3. The summed E-state index contributed by atoms with van der Waals surface area (Å²) in [6.07, 6.45) is 0. The van der Waals surface area contributed by atoms with Crippen LogP contribution in [0.2, 0.25) is 5.02 Å². The van der Waals surface area contributed by atoms with Crippen LogP contribution in [0.15, 0.2) is 24.3 Å². The molecule has 2 rings (SSSR count). The van der Waals surface area contributed by atoms with Gasteiger partial charge in [-0.25, -0.2) is 8.42 Å². The molecule has 0 spiro atoms. The molecular weight excluding hydrogens is 286 g/mol. The molecule has 104 valence electrons. The molecule has 0 unspecified atom stereocenters. The third kappa shape index (κ3) is 2.77. The van der Waals surface area contributed by atoms with E-state index in [9.17, 15) is 13.2 Å². The zero-order chi connectivity index (χ0) is 14.2. The molecule has 1 aromatic carbocycles. The fourth-order valence-corrected chi connectivity index (χ4v) is 3.91. The molecule has 0 aromatic heterocycles. The number of nitrogens with zero attached hydrogens (tertiary/aromatic N) is 1. The van der Waals surface area contributed by atoms with Crippen molar-refractivity contribution in [1.29, 1.82) is 0 Å². The van der Waals surface area contributed by atoms with Crippen molar-refractivity contribution in [3.8, 4) is 0 Å². The normalized spacial score (nSPS) is 26.2. The number of hydrogen-bond acceptors (Lipinski definition) is 3. The van der Waals surface area contributed by atoms with Crippen LogP contribution in [0, 0.1) is 0 Å². The van der Waals surface area contributed by atoms with Crippen molar-refractivity contribution in [2.75, 3.05) is 12.3 Å². The van der Waals surface area contributed by atoms with Crippen LogP contribution >= 0.6 is 11.6 Å². The summed E-state index contributed by atoms with van der Waals surface area (Å²) in [5.41, 5.74) is 0.530. The number of amides is 1. The molecule has 0 aliphatic carbocycles. The first-order valence-corrected chi connectivity index (χ1v) is 8.20. The maximum absolute atomic E-state index is 12.4. The van der Waals surface area contributed by atoms with E-state index in [2.05, 4.69) is 0 Å². The van der Waals surface area contributed by atoms with Crippen molar-refractivity contribution in [2.45, 2.75) is 25.1 Å². The number of carbonyl (C=O) groups excluding carboxylic acids is 1. The minimum absolute atomic E-state index is 0.0256. The van der Waals surface area contributed by atoms with Gasteiger partial charge in [-0.3, -0.25) is 4.79 Å². The van der Waals surface area contributed by atoms with Gasteiger partial charge in [-0.2, -0.15) is 0 Å². The highest BCUT2D eigenvalue weighted by atomic mass is 35.5. The van der Waals surface area contributed by atoms with Gasteiger partial charge in [0.2, 0.25) is 0 Å². The van der Waals surface area contributed by atoms with Gasteiger partial charge < -0.3 is 4.90 Å². The number of rotatable bonds is 1. The van der Waals surface area contributed by atoms with Gasteiger partial charge in [-0.05, 0) is 38.1 Å². The van der Waals surface area contributed by atoms with E-state index in [1.54, 1.807) is 43.0 Å². The minimum atomic E-state index is -3.08. The second kappa shape index (κ2) is 5.13.